The molecule has 0 aliphatic carbocycles. The summed E-state index contributed by atoms with van der Waals surface area (Å²) < 4.78 is 20.5. The molecule has 0 spiro atoms. The molecule has 0 saturated heterocycles. The zero-order chi connectivity index (χ0) is 14.7. The maximum absolute atomic E-state index is 13.9. The molecule has 0 radical (unpaired) electrons. The second kappa shape index (κ2) is 5.86. The first kappa shape index (κ1) is 14.2. The average molecular weight is 276 g/mol. The Morgan fingerprint density at radius 3 is 2.75 bits per heavy atom. The molecular formula is C15H17FN2O2. The lowest BCUT2D eigenvalue weighted by Crippen LogP contribution is -2.11. The third-order valence-corrected chi connectivity index (χ3v) is 3.10. The Morgan fingerprint density at radius 2 is 2.15 bits per heavy atom. The van der Waals surface area contributed by atoms with Crippen LogP contribution < -0.4 is 4.74 Å². The summed E-state index contributed by atoms with van der Waals surface area (Å²) >= 11 is 0. The minimum atomic E-state index is -0.561. The minimum absolute atomic E-state index is 0.0762. The van der Waals surface area contributed by atoms with Gasteiger partial charge < -0.3 is 4.74 Å². The highest BCUT2D eigenvalue weighted by atomic mass is 19.1. The Hall–Kier alpha value is -2.17. The molecule has 4 nitrogen and oxygen atoms in total. The van der Waals surface area contributed by atoms with E-state index >= 15 is 0 Å². The van der Waals surface area contributed by atoms with Gasteiger partial charge in [-0.3, -0.25) is 9.48 Å². The van der Waals surface area contributed by atoms with E-state index in [-0.39, 0.29) is 17.8 Å². The number of carbonyl (C=O) groups excluding carboxylic acids is 1. The first-order chi connectivity index (χ1) is 9.55. The van der Waals surface area contributed by atoms with Gasteiger partial charge in [0.25, 0.3) is 0 Å². The summed E-state index contributed by atoms with van der Waals surface area (Å²) in [4.78, 5) is 12.2. The van der Waals surface area contributed by atoms with E-state index in [0.29, 0.717) is 12.3 Å². The van der Waals surface area contributed by atoms with Gasteiger partial charge >= 0.3 is 0 Å². The molecule has 0 atom stereocenters. The molecule has 0 aliphatic heterocycles. The van der Waals surface area contributed by atoms with Gasteiger partial charge in [0.1, 0.15) is 11.6 Å². The fourth-order valence-corrected chi connectivity index (χ4v) is 2.12. The van der Waals surface area contributed by atoms with Crippen LogP contribution in [0.3, 0.4) is 0 Å². The van der Waals surface area contributed by atoms with Crippen molar-refractivity contribution < 1.29 is 13.9 Å². The molecule has 0 fully saturated rings. The van der Waals surface area contributed by atoms with Crippen molar-refractivity contribution in [2.24, 2.45) is 0 Å². The van der Waals surface area contributed by atoms with Crippen molar-refractivity contribution in [3.05, 3.63) is 47.0 Å². The van der Waals surface area contributed by atoms with Crippen molar-refractivity contribution >= 4 is 5.78 Å². The molecule has 2 rings (SSSR count). The van der Waals surface area contributed by atoms with Crippen LogP contribution in [0, 0.1) is 12.7 Å². The largest absolute Gasteiger partial charge is 0.497 e. The summed E-state index contributed by atoms with van der Waals surface area (Å²) in [5.41, 5.74) is 1.72. The molecule has 1 aromatic heterocycles. The van der Waals surface area contributed by atoms with Crippen molar-refractivity contribution in [1.29, 1.82) is 0 Å². The summed E-state index contributed by atoms with van der Waals surface area (Å²) in [5, 5.41) is 4.28. The summed E-state index contributed by atoms with van der Waals surface area (Å²) in [5.74, 6) is -0.429. The molecule has 2 aromatic rings. The van der Waals surface area contributed by atoms with Gasteiger partial charge in [-0.05, 0) is 32.0 Å². The Balaban J connectivity index is 2.23. The topological polar surface area (TPSA) is 44.1 Å². The van der Waals surface area contributed by atoms with Crippen molar-refractivity contribution in [2.45, 2.75) is 26.8 Å². The van der Waals surface area contributed by atoms with Crippen LogP contribution in [-0.4, -0.2) is 22.7 Å². The van der Waals surface area contributed by atoms with Crippen LogP contribution in [0.2, 0.25) is 0 Å². The van der Waals surface area contributed by atoms with E-state index in [4.69, 9.17) is 4.74 Å². The summed E-state index contributed by atoms with van der Waals surface area (Å²) in [6, 6.07) is 6.10. The molecule has 0 saturated carbocycles. The standard InChI is InChI=1S/C15H17FN2O2/c1-4-18-11(7-10(2)17-18)8-15(19)13-6-5-12(20-3)9-14(13)16/h5-7,9H,4,8H2,1-3H3. The van der Waals surface area contributed by atoms with Crippen molar-refractivity contribution in [1.82, 2.24) is 9.78 Å². The Morgan fingerprint density at radius 1 is 1.40 bits per heavy atom. The van der Waals surface area contributed by atoms with Crippen LogP contribution in [0.15, 0.2) is 24.3 Å². The number of ketones is 1. The molecule has 0 unspecified atom stereocenters. The predicted molar refractivity (Wildman–Crippen MR) is 73.6 cm³/mol. The second-order valence-corrected chi connectivity index (χ2v) is 4.54. The third kappa shape index (κ3) is 2.87. The van der Waals surface area contributed by atoms with Crippen molar-refractivity contribution in [3.8, 4) is 5.75 Å². The van der Waals surface area contributed by atoms with Gasteiger partial charge in [-0.1, -0.05) is 0 Å². The molecule has 106 valence electrons. The molecule has 20 heavy (non-hydrogen) atoms. The van der Waals surface area contributed by atoms with Crippen molar-refractivity contribution in [3.63, 3.8) is 0 Å². The summed E-state index contributed by atoms with van der Waals surface area (Å²) in [7, 11) is 1.46. The van der Waals surface area contributed by atoms with E-state index in [9.17, 15) is 9.18 Å². The monoisotopic (exact) mass is 276 g/mol. The number of hydrogen-bond acceptors (Lipinski definition) is 3. The number of carbonyl (C=O) groups is 1. The molecule has 0 bridgehead atoms. The van der Waals surface area contributed by atoms with E-state index < -0.39 is 5.82 Å². The summed E-state index contributed by atoms with van der Waals surface area (Å²) in [6.07, 6.45) is 0.137. The van der Waals surface area contributed by atoms with Gasteiger partial charge in [-0.25, -0.2) is 4.39 Å². The van der Waals surface area contributed by atoms with Crippen LogP contribution >= 0.6 is 0 Å². The molecule has 0 amide bonds. The number of ether oxygens (including phenoxy) is 1. The fraction of sp³-hybridized carbons (Fsp3) is 0.333. The van der Waals surface area contributed by atoms with E-state index in [1.54, 1.807) is 10.7 Å². The van der Waals surface area contributed by atoms with Crippen LogP contribution in [0.5, 0.6) is 5.75 Å². The number of nitrogens with zero attached hydrogens (tertiary/aromatic N) is 2. The highest BCUT2D eigenvalue weighted by molar-refractivity contribution is 5.97. The highest BCUT2D eigenvalue weighted by Crippen LogP contribution is 2.18. The number of rotatable bonds is 5. The molecular weight excluding hydrogens is 259 g/mol. The molecule has 5 heteroatoms. The maximum atomic E-state index is 13.9. The zero-order valence-corrected chi connectivity index (χ0v) is 11.8. The molecule has 0 N–H and O–H groups in total. The van der Waals surface area contributed by atoms with E-state index in [1.807, 2.05) is 19.9 Å². The molecule has 1 aromatic carbocycles. The van der Waals surface area contributed by atoms with Gasteiger partial charge in [-0.15, -0.1) is 0 Å². The van der Waals surface area contributed by atoms with Crippen LogP contribution in [0.4, 0.5) is 4.39 Å². The van der Waals surface area contributed by atoms with Gasteiger partial charge in [0.05, 0.1) is 24.8 Å². The zero-order valence-electron chi connectivity index (χ0n) is 11.8. The molecule has 1 heterocycles. The number of hydrogen-bond donors (Lipinski definition) is 0. The first-order valence-corrected chi connectivity index (χ1v) is 6.45. The Kier molecular flexibility index (Phi) is 4.17. The lowest BCUT2D eigenvalue weighted by molar-refractivity contribution is 0.0986. The van der Waals surface area contributed by atoms with Gasteiger partial charge in [0.2, 0.25) is 0 Å². The number of aryl methyl sites for hydroxylation is 2. The van der Waals surface area contributed by atoms with E-state index in [2.05, 4.69) is 5.10 Å². The van der Waals surface area contributed by atoms with E-state index in [0.717, 1.165) is 11.4 Å². The first-order valence-electron chi connectivity index (χ1n) is 6.45. The average Bonchev–Trinajstić information content (AvgIpc) is 2.78. The number of aromatic nitrogens is 2. The second-order valence-electron chi connectivity index (χ2n) is 4.54. The normalized spacial score (nSPS) is 10.6. The van der Waals surface area contributed by atoms with Gasteiger partial charge in [0.15, 0.2) is 5.78 Å². The maximum Gasteiger partial charge on any atom is 0.171 e. The van der Waals surface area contributed by atoms with Crippen molar-refractivity contribution in [2.75, 3.05) is 7.11 Å². The summed E-state index contributed by atoms with van der Waals surface area (Å²) in [6.45, 7) is 4.50. The van der Waals surface area contributed by atoms with Gasteiger partial charge in [-0.2, -0.15) is 5.10 Å². The number of Topliss-reactive ketones (excluding diaryl/α,β-unsaturated/α-hetero) is 1. The lowest BCUT2D eigenvalue weighted by atomic mass is 10.1. The number of halogens is 1. The third-order valence-electron chi connectivity index (χ3n) is 3.10. The van der Waals surface area contributed by atoms with Gasteiger partial charge in [0, 0.05) is 18.3 Å². The quantitative estimate of drug-likeness (QED) is 0.789. The lowest BCUT2D eigenvalue weighted by Gasteiger charge is -2.06. The number of methoxy groups -OCH3 is 1. The van der Waals surface area contributed by atoms with Crippen LogP contribution in [0.25, 0.3) is 0 Å². The SMILES string of the molecule is CCn1nc(C)cc1CC(=O)c1ccc(OC)cc1F. The Labute approximate surface area is 117 Å². The fourth-order valence-electron chi connectivity index (χ4n) is 2.12. The van der Waals surface area contributed by atoms with Crippen LogP contribution in [-0.2, 0) is 13.0 Å². The van der Waals surface area contributed by atoms with Crippen LogP contribution in [0.1, 0.15) is 28.7 Å². The molecule has 0 aliphatic rings. The Bertz CT molecular complexity index is 635. The smallest absolute Gasteiger partial charge is 0.171 e. The van der Waals surface area contributed by atoms with E-state index in [1.165, 1.54) is 19.2 Å². The minimum Gasteiger partial charge on any atom is -0.497 e. The number of benzene rings is 1. The predicted octanol–water partition coefficient (Wildman–Crippen LogP) is 2.78. The highest BCUT2D eigenvalue weighted by Gasteiger charge is 2.15.